The summed E-state index contributed by atoms with van der Waals surface area (Å²) in [5.41, 5.74) is 0. The molecule has 0 bridgehead atoms. The second-order valence-electron chi connectivity index (χ2n) is 2.55. The molecule has 2 N–H and O–H groups in total. The summed E-state index contributed by atoms with van der Waals surface area (Å²) in [6.45, 7) is 1.12. The van der Waals surface area contributed by atoms with Crippen molar-refractivity contribution in [1.29, 1.82) is 0 Å². The molecule has 12 heavy (non-hydrogen) atoms. The molecule has 68 valence electrons. The zero-order valence-electron chi connectivity index (χ0n) is 6.99. The van der Waals surface area contributed by atoms with Gasteiger partial charge in [-0.1, -0.05) is 0 Å². The number of nitrogens with one attached hydrogen (secondary N) is 1. The number of unbranched alkanes of at least 4 members (excludes halogenated alkanes) is 2. The van der Waals surface area contributed by atoms with Crippen molar-refractivity contribution in [1.82, 2.24) is 4.98 Å². The third-order valence-electron chi connectivity index (χ3n) is 1.54. The number of nitrogens with zero attached hydrogens (tertiary/aromatic N) is 1. The first-order chi connectivity index (χ1) is 5.93. The quantitative estimate of drug-likeness (QED) is 0.631. The SMILES string of the molecule is OCCCCCNc1ncco1. The molecule has 0 atom stereocenters. The van der Waals surface area contributed by atoms with Crippen molar-refractivity contribution in [2.24, 2.45) is 0 Å². The number of anilines is 1. The standard InChI is InChI=1S/C8H14N2O2/c11-6-3-1-2-4-9-8-10-5-7-12-8/h5,7,11H,1-4,6H2,(H,9,10). The maximum absolute atomic E-state index is 8.50. The van der Waals surface area contributed by atoms with E-state index in [-0.39, 0.29) is 6.61 Å². The van der Waals surface area contributed by atoms with Crippen LogP contribution >= 0.6 is 0 Å². The molecule has 0 radical (unpaired) electrons. The predicted molar refractivity (Wildman–Crippen MR) is 45.9 cm³/mol. The van der Waals surface area contributed by atoms with Crippen LogP contribution in [0, 0.1) is 0 Å². The average molecular weight is 170 g/mol. The lowest BCUT2D eigenvalue weighted by Gasteiger charge is -1.99. The van der Waals surface area contributed by atoms with Crippen LogP contribution in [0.2, 0.25) is 0 Å². The Morgan fingerprint density at radius 2 is 2.33 bits per heavy atom. The number of aliphatic hydroxyl groups excluding tert-OH is 1. The number of aromatic nitrogens is 1. The van der Waals surface area contributed by atoms with Gasteiger partial charge in [0.1, 0.15) is 6.26 Å². The fraction of sp³-hybridized carbons (Fsp3) is 0.625. The first kappa shape index (κ1) is 9.06. The summed E-state index contributed by atoms with van der Waals surface area (Å²) in [5, 5.41) is 11.5. The number of oxazole rings is 1. The Bertz CT molecular complexity index is 187. The van der Waals surface area contributed by atoms with Gasteiger partial charge in [0.05, 0.1) is 6.20 Å². The van der Waals surface area contributed by atoms with Gasteiger partial charge in [0.2, 0.25) is 0 Å². The summed E-state index contributed by atoms with van der Waals surface area (Å²) < 4.78 is 4.97. The van der Waals surface area contributed by atoms with Crippen molar-refractivity contribution < 1.29 is 9.52 Å². The zero-order chi connectivity index (χ0) is 8.65. The molecule has 0 saturated carbocycles. The normalized spacial score (nSPS) is 10.1. The van der Waals surface area contributed by atoms with Gasteiger partial charge in [-0.15, -0.1) is 0 Å². The molecule has 4 nitrogen and oxygen atoms in total. The molecule has 1 rings (SSSR count). The average Bonchev–Trinajstić information content (AvgIpc) is 2.57. The van der Waals surface area contributed by atoms with Crippen LogP contribution in [0.3, 0.4) is 0 Å². The summed E-state index contributed by atoms with van der Waals surface area (Å²) in [6, 6.07) is 0.569. The van der Waals surface area contributed by atoms with Gasteiger partial charge in [-0.2, -0.15) is 0 Å². The molecule has 1 aromatic rings. The largest absolute Gasteiger partial charge is 0.432 e. The molecule has 0 fully saturated rings. The van der Waals surface area contributed by atoms with Crippen LogP contribution in [0.25, 0.3) is 0 Å². The smallest absolute Gasteiger partial charge is 0.294 e. The van der Waals surface area contributed by atoms with Crippen LogP contribution in [0.4, 0.5) is 6.01 Å². The molecule has 0 amide bonds. The number of hydrogen-bond acceptors (Lipinski definition) is 4. The van der Waals surface area contributed by atoms with E-state index in [0.717, 1.165) is 25.8 Å². The van der Waals surface area contributed by atoms with Crippen LogP contribution in [-0.2, 0) is 0 Å². The van der Waals surface area contributed by atoms with E-state index < -0.39 is 0 Å². The first-order valence-electron chi connectivity index (χ1n) is 4.17. The highest BCUT2D eigenvalue weighted by molar-refractivity contribution is 5.16. The molecule has 0 spiro atoms. The third-order valence-corrected chi connectivity index (χ3v) is 1.54. The molecule has 1 aromatic heterocycles. The van der Waals surface area contributed by atoms with Crippen molar-refractivity contribution >= 4 is 6.01 Å². The Morgan fingerprint density at radius 3 is 3.00 bits per heavy atom. The second-order valence-corrected chi connectivity index (χ2v) is 2.55. The molecule has 4 heteroatoms. The first-order valence-corrected chi connectivity index (χ1v) is 4.17. The van der Waals surface area contributed by atoms with E-state index in [2.05, 4.69) is 10.3 Å². The minimum Gasteiger partial charge on any atom is -0.432 e. The fourth-order valence-corrected chi connectivity index (χ4v) is 0.920. The van der Waals surface area contributed by atoms with Crippen molar-refractivity contribution in [3.8, 4) is 0 Å². The van der Waals surface area contributed by atoms with E-state index >= 15 is 0 Å². The van der Waals surface area contributed by atoms with Crippen LogP contribution in [0.1, 0.15) is 19.3 Å². The molecule has 0 aliphatic heterocycles. The van der Waals surface area contributed by atoms with E-state index in [1.54, 1.807) is 6.20 Å². The zero-order valence-corrected chi connectivity index (χ0v) is 6.99. The van der Waals surface area contributed by atoms with E-state index in [9.17, 15) is 0 Å². The Morgan fingerprint density at radius 1 is 1.42 bits per heavy atom. The van der Waals surface area contributed by atoms with Gasteiger partial charge in [0, 0.05) is 13.2 Å². The van der Waals surface area contributed by atoms with Gasteiger partial charge in [-0.3, -0.25) is 0 Å². The van der Waals surface area contributed by atoms with E-state index in [1.165, 1.54) is 6.26 Å². The van der Waals surface area contributed by atoms with E-state index in [4.69, 9.17) is 9.52 Å². The lowest BCUT2D eigenvalue weighted by molar-refractivity contribution is 0.283. The van der Waals surface area contributed by atoms with Crippen LogP contribution < -0.4 is 5.32 Å². The highest BCUT2D eigenvalue weighted by Gasteiger charge is 1.93. The summed E-state index contributed by atoms with van der Waals surface area (Å²) in [5.74, 6) is 0. The lowest BCUT2D eigenvalue weighted by Crippen LogP contribution is -2.01. The second kappa shape index (κ2) is 5.60. The van der Waals surface area contributed by atoms with Crippen LogP contribution in [-0.4, -0.2) is 23.2 Å². The Labute approximate surface area is 71.6 Å². The maximum atomic E-state index is 8.50. The fourth-order valence-electron chi connectivity index (χ4n) is 0.920. The molecular formula is C8H14N2O2. The Kier molecular flexibility index (Phi) is 4.23. The topological polar surface area (TPSA) is 58.3 Å². The minimum atomic E-state index is 0.277. The third kappa shape index (κ3) is 3.39. The molecular weight excluding hydrogens is 156 g/mol. The van der Waals surface area contributed by atoms with E-state index in [0.29, 0.717) is 6.01 Å². The van der Waals surface area contributed by atoms with Crippen molar-refractivity contribution in [3.63, 3.8) is 0 Å². The summed E-state index contributed by atoms with van der Waals surface area (Å²) in [6.07, 6.45) is 6.08. The highest BCUT2D eigenvalue weighted by Crippen LogP contribution is 2.01. The van der Waals surface area contributed by atoms with Crippen molar-refractivity contribution in [2.75, 3.05) is 18.5 Å². The molecule has 0 aromatic carbocycles. The van der Waals surface area contributed by atoms with Gasteiger partial charge >= 0.3 is 0 Å². The van der Waals surface area contributed by atoms with Crippen molar-refractivity contribution in [2.45, 2.75) is 19.3 Å². The Hall–Kier alpha value is -1.03. The summed E-state index contributed by atoms with van der Waals surface area (Å²) >= 11 is 0. The molecule has 0 aliphatic rings. The predicted octanol–water partition coefficient (Wildman–Crippen LogP) is 1.25. The maximum Gasteiger partial charge on any atom is 0.294 e. The van der Waals surface area contributed by atoms with Gasteiger partial charge < -0.3 is 14.8 Å². The monoisotopic (exact) mass is 170 g/mol. The van der Waals surface area contributed by atoms with Crippen LogP contribution in [0.5, 0.6) is 0 Å². The van der Waals surface area contributed by atoms with Gasteiger partial charge in [-0.25, -0.2) is 4.98 Å². The number of rotatable bonds is 6. The van der Waals surface area contributed by atoms with Crippen LogP contribution in [0.15, 0.2) is 16.9 Å². The molecule has 1 heterocycles. The highest BCUT2D eigenvalue weighted by atomic mass is 16.4. The summed E-state index contributed by atoms with van der Waals surface area (Å²) in [7, 11) is 0. The van der Waals surface area contributed by atoms with Crippen molar-refractivity contribution in [3.05, 3.63) is 12.5 Å². The summed E-state index contributed by atoms with van der Waals surface area (Å²) in [4.78, 5) is 3.91. The van der Waals surface area contributed by atoms with Gasteiger partial charge in [-0.05, 0) is 19.3 Å². The lowest BCUT2D eigenvalue weighted by atomic mass is 10.2. The van der Waals surface area contributed by atoms with E-state index in [1.807, 2.05) is 0 Å². The molecule has 0 aliphatic carbocycles. The Balaban J connectivity index is 1.96. The molecule has 0 unspecified atom stereocenters. The number of hydrogen-bond donors (Lipinski definition) is 2. The van der Waals surface area contributed by atoms with Gasteiger partial charge in [0.15, 0.2) is 0 Å². The minimum absolute atomic E-state index is 0.277. The molecule has 0 saturated heterocycles. The van der Waals surface area contributed by atoms with Gasteiger partial charge in [0.25, 0.3) is 6.01 Å². The number of aliphatic hydroxyl groups is 1.